The van der Waals surface area contributed by atoms with Gasteiger partial charge >= 0.3 is 6.09 Å². The van der Waals surface area contributed by atoms with E-state index in [4.69, 9.17) is 24.2 Å². The zero-order chi connectivity index (χ0) is 39.8. The lowest BCUT2D eigenvalue weighted by molar-refractivity contribution is -0.335. The molecule has 8 rings (SSSR count). The van der Waals surface area contributed by atoms with E-state index in [0.29, 0.717) is 19.0 Å². The Bertz CT molecular complexity index is 2050. The minimum absolute atomic E-state index is 0.0370. The van der Waals surface area contributed by atoms with Crippen LogP contribution in [0.25, 0.3) is 33.6 Å². The molecule has 4 N–H and O–H groups in total. The maximum Gasteiger partial charge on any atom is 0.407 e. The van der Waals surface area contributed by atoms with Gasteiger partial charge in [0.1, 0.15) is 17.7 Å². The van der Waals surface area contributed by atoms with E-state index in [2.05, 4.69) is 69.1 Å². The second-order valence-corrected chi connectivity index (χ2v) is 16.4. The zero-order valence-corrected chi connectivity index (χ0v) is 33.4. The number of aromatic nitrogens is 4. The van der Waals surface area contributed by atoms with Crippen molar-refractivity contribution < 1.29 is 28.6 Å². The van der Waals surface area contributed by atoms with Crippen LogP contribution in [0.5, 0.6) is 0 Å². The maximum atomic E-state index is 13.8. The number of hydrogen-bond donors (Lipinski definition) is 4. The lowest BCUT2D eigenvalue weighted by Gasteiger charge is -2.35. The van der Waals surface area contributed by atoms with Crippen molar-refractivity contribution >= 4 is 17.9 Å². The largest absolute Gasteiger partial charge is 0.453 e. The first-order valence-electron chi connectivity index (χ1n) is 20.4. The van der Waals surface area contributed by atoms with E-state index in [-0.39, 0.29) is 42.5 Å². The second-order valence-electron chi connectivity index (χ2n) is 16.4. The number of carbonyl (C=O) groups excluding carboxylic acids is 3. The number of H-pyrrole nitrogens is 2. The third-order valence-corrected chi connectivity index (χ3v) is 11.8. The summed E-state index contributed by atoms with van der Waals surface area (Å²) in [5.74, 6) is 1.93. The minimum atomic E-state index is -0.677. The first-order valence-corrected chi connectivity index (χ1v) is 20.4. The van der Waals surface area contributed by atoms with Gasteiger partial charge in [0.2, 0.25) is 18.2 Å². The average Bonchev–Trinajstić information content (AvgIpc) is 3.64. The molecule has 4 atom stereocenters. The number of hydrogen-bond acceptors (Lipinski definition) is 9. The molecule has 0 radical (unpaired) electrons. The van der Waals surface area contributed by atoms with Crippen LogP contribution in [0, 0.1) is 11.8 Å². The van der Waals surface area contributed by atoms with E-state index >= 15 is 0 Å². The van der Waals surface area contributed by atoms with Crippen molar-refractivity contribution in [1.29, 1.82) is 0 Å². The molecule has 4 aliphatic rings. The van der Waals surface area contributed by atoms with Crippen molar-refractivity contribution in [1.82, 2.24) is 40.4 Å². The highest BCUT2D eigenvalue weighted by Gasteiger charge is 2.40. The van der Waals surface area contributed by atoms with Gasteiger partial charge in [-0.15, -0.1) is 0 Å². The molecule has 2 aromatic carbocycles. The minimum Gasteiger partial charge on any atom is -0.453 e. The molecule has 0 unspecified atom stereocenters. The Kier molecular flexibility index (Phi) is 11.2. The van der Waals surface area contributed by atoms with Crippen LogP contribution in [0.1, 0.15) is 102 Å². The molecule has 4 fully saturated rings. The van der Waals surface area contributed by atoms with E-state index in [1.807, 2.05) is 43.7 Å². The van der Waals surface area contributed by atoms with Crippen LogP contribution >= 0.6 is 0 Å². The third kappa shape index (κ3) is 8.08. The number of carbonyl (C=O) groups is 3. The number of nitrogens with zero attached hydrogens (tertiary/aromatic N) is 4. The monoisotopic (exact) mass is 778 g/mol. The van der Waals surface area contributed by atoms with Crippen LogP contribution in [0.15, 0.2) is 54.7 Å². The lowest BCUT2D eigenvalue weighted by Crippen LogP contribution is -2.56. The van der Waals surface area contributed by atoms with Gasteiger partial charge in [-0.05, 0) is 67.1 Å². The van der Waals surface area contributed by atoms with E-state index in [1.54, 1.807) is 0 Å². The van der Waals surface area contributed by atoms with Gasteiger partial charge in [0.05, 0.1) is 42.8 Å². The molecule has 0 spiro atoms. The molecular formula is C43H54N8O6. The van der Waals surface area contributed by atoms with Gasteiger partial charge in [0.15, 0.2) is 6.79 Å². The van der Waals surface area contributed by atoms with Crippen LogP contribution in [0.2, 0.25) is 0 Å². The fourth-order valence-electron chi connectivity index (χ4n) is 8.38. The number of benzene rings is 2. The number of aromatic amines is 2. The van der Waals surface area contributed by atoms with Gasteiger partial charge in [-0.25, -0.2) is 14.8 Å². The Balaban J connectivity index is 0.953. The van der Waals surface area contributed by atoms with Crippen molar-refractivity contribution in [3.05, 3.63) is 72.1 Å². The third-order valence-electron chi connectivity index (χ3n) is 11.8. The smallest absolute Gasteiger partial charge is 0.407 e. The Hall–Kier alpha value is -5.05. The molecule has 14 heteroatoms. The fraction of sp³-hybridized carbons (Fsp3) is 0.512. The molecule has 5 heterocycles. The van der Waals surface area contributed by atoms with E-state index in [9.17, 15) is 14.4 Å². The standard InChI is InChI=1S/C43H54N8O6/c1-24(2)34(48-42(54)55-5)40(52)51-21-7-9-33(51)39-46-36(37(47-39)30-18-19-30)29-16-12-27(13-17-29)26-10-14-28(15-11-26)31-22-44-38(45-31)32-8-6-20-50(32)41(53)35(25(3)4)49-43-56-23-57-43/h10-17,22,24-25,30,32-35,43,49H,6-9,18-21,23H2,1-5H3,(H,44,45)(H,46,47)(H,48,54)/t32-,33-,34-,35-/m0/s1. The summed E-state index contributed by atoms with van der Waals surface area (Å²) in [4.78, 5) is 60.4. The Morgan fingerprint density at radius 3 is 1.86 bits per heavy atom. The highest BCUT2D eigenvalue weighted by Crippen LogP contribution is 2.45. The highest BCUT2D eigenvalue weighted by molar-refractivity contribution is 5.86. The quantitative estimate of drug-likeness (QED) is 0.117. The molecule has 57 heavy (non-hydrogen) atoms. The predicted molar refractivity (Wildman–Crippen MR) is 213 cm³/mol. The molecule has 3 amide bonds. The number of amides is 3. The Morgan fingerprint density at radius 2 is 1.32 bits per heavy atom. The number of rotatable bonds is 13. The predicted octanol–water partition coefficient (Wildman–Crippen LogP) is 6.62. The number of likely N-dealkylation sites (tertiary alicyclic amines) is 2. The van der Waals surface area contributed by atoms with Gasteiger partial charge in [0, 0.05) is 30.3 Å². The SMILES string of the molecule is COC(=O)N[C@H](C(=O)N1CCC[C@H]1c1nc(-c2ccc(-c3ccc(-c4cnc([C@@H]5CCCN5C(=O)[C@@H](NC5OCO5)C(C)C)[nH]4)cc3)cc2)c(C2CC2)[nH]1)C(C)C. The molecule has 2 aromatic heterocycles. The molecule has 3 saturated heterocycles. The number of alkyl carbamates (subject to hydrolysis) is 1. The van der Waals surface area contributed by atoms with Crippen LogP contribution in [0.3, 0.4) is 0 Å². The molecular weight excluding hydrogens is 725 g/mol. The molecule has 1 aliphatic carbocycles. The number of imidazole rings is 2. The van der Waals surface area contributed by atoms with Crippen molar-refractivity contribution in [3.63, 3.8) is 0 Å². The van der Waals surface area contributed by atoms with Crippen molar-refractivity contribution in [2.75, 3.05) is 27.0 Å². The Morgan fingerprint density at radius 1 is 0.754 bits per heavy atom. The highest BCUT2D eigenvalue weighted by atomic mass is 16.9. The summed E-state index contributed by atoms with van der Waals surface area (Å²) in [6.45, 7) is 9.44. The van der Waals surface area contributed by atoms with E-state index in [1.165, 1.54) is 7.11 Å². The molecule has 0 bridgehead atoms. The summed E-state index contributed by atoms with van der Waals surface area (Å²) in [5, 5.41) is 5.94. The zero-order valence-electron chi connectivity index (χ0n) is 33.4. The summed E-state index contributed by atoms with van der Waals surface area (Å²) in [6, 6.07) is 15.6. The van der Waals surface area contributed by atoms with Gasteiger partial charge in [0.25, 0.3) is 0 Å². The normalized spacial score (nSPS) is 20.9. The van der Waals surface area contributed by atoms with Crippen LogP contribution in [-0.4, -0.2) is 93.1 Å². The first-order chi connectivity index (χ1) is 27.6. The van der Waals surface area contributed by atoms with Gasteiger partial charge < -0.3 is 39.3 Å². The summed E-state index contributed by atoms with van der Waals surface area (Å²) < 4.78 is 15.5. The van der Waals surface area contributed by atoms with Crippen LogP contribution in [-0.2, 0) is 23.8 Å². The summed E-state index contributed by atoms with van der Waals surface area (Å²) in [6.07, 6.45) is 6.37. The van der Waals surface area contributed by atoms with Crippen LogP contribution < -0.4 is 10.6 Å². The molecule has 302 valence electrons. The van der Waals surface area contributed by atoms with Gasteiger partial charge in [-0.1, -0.05) is 76.2 Å². The summed E-state index contributed by atoms with van der Waals surface area (Å²) in [5.41, 5.74) is 7.22. The first kappa shape index (κ1) is 38.8. The average molecular weight is 779 g/mol. The topological polar surface area (TPSA) is 167 Å². The summed E-state index contributed by atoms with van der Waals surface area (Å²) in [7, 11) is 1.31. The van der Waals surface area contributed by atoms with Crippen molar-refractivity contribution in [2.24, 2.45) is 11.8 Å². The molecule has 1 saturated carbocycles. The Labute approximate surface area is 333 Å². The van der Waals surface area contributed by atoms with E-state index in [0.717, 1.165) is 89.5 Å². The second kappa shape index (κ2) is 16.4. The number of nitrogens with one attached hydrogen (secondary N) is 4. The molecule has 14 nitrogen and oxygen atoms in total. The van der Waals surface area contributed by atoms with E-state index < -0.39 is 24.6 Å². The summed E-state index contributed by atoms with van der Waals surface area (Å²) >= 11 is 0. The van der Waals surface area contributed by atoms with Gasteiger partial charge in [-0.2, -0.15) is 0 Å². The fourth-order valence-corrected chi connectivity index (χ4v) is 8.38. The van der Waals surface area contributed by atoms with Crippen molar-refractivity contribution in [3.8, 4) is 33.6 Å². The lowest BCUT2D eigenvalue weighted by atomic mass is 10.00. The number of methoxy groups -OCH3 is 1. The number of ether oxygens (including phenoxy) is 3. The maximum absolute atomic E-state index is 13.8. The van der Waals surface area contributed by atoms with Gasteiger partial charge in [-0.3, -0.25) is 14.9 Å². The molecule has 3 aliphatic heterocycles. The van der Waals surface area contributed by atoms with Crippen LogP contribution in [0.4, 0.5) is 4.79 Å². The molecule has 4 aromatic rings. The van der Waals surface area contributed by atoms with Crippen molar-refractivity contribution in [2.45, 2.75) is 103 Å².